The van der Waals surface area contributed by atoms with Crippen molar-refractivity contribution in [2.24, 2.45) is 0 Å². The number of fused-ring (bicyclic) bond motifs is 2. The topological polar surface area (TPSA) is 209 Å². The SMILES string of the molecule is C[C@H](CC1(c2nn[nH]n2)c2ccc(C(=O)NCC(C)(C)O)cc2CCc2cc(C(=O)NCC(C)(C)O)ccc21)NCC(=O)N1CCC[C@H]1C#N. The third-order valence-corrected chi connectivity index (χ3v) is 9.34. The Morgan fingerprint density at radius 3 is 2.04 bits per heavy atom. The van der Waals surface area contributed by atoms with Gasteiger partial charge in [-0.25, -0.2) is 0 Å². The highest BCUT2D eigenvalue weighted by molar-refractivity contribution is 5.95. The van der Waals surface area contributed by atoms with Crippen LogP contribution in [0.4, 0.5) is 0 Å². The minimum atomic E-state index is -1.08. The van der Waals surface area contributed by atoms with Crippen molar-refractivity contribution in [3.63, 3.8) is 0 Å². The predicted octanol–water partition coefficient (Wildman–Crippen LogP) is 1.52. The fraction of sp³-hybridized carbons (Fsp3) is 0.528. The highest BCUT2D eigenvalue weighted by Gasteiger charge is 2.46. The number of aryl methyl sites for hydroxylation is 2. The molecule has 2 heterocycles. The Balaban J connectivity index is 1.56. The van der Waals surface area contributed by atoms with E-state index in [2.05, 4.69) is 42.6 Å². The Kier molecular flexibility index (Phi) is 10.7. The highest BCUT2D eigenvalue weighted by Crippen LogP contribution is 2.47. The average molecular weight is 686 g/mol. The minimum Gasteiger partial charge on any atom is -0.389 e. The number of carbonyl (C=O) groups excluding carboxylic acids is 3. The van der Waals surface area contributed by atoms with Gasteiger partial charge < -0.3 is 31.1 Å². The van der Waals surface area contributed by atoms with Crippen LogP contribution in [-0.2, 0) is 23.1 Å². The van der Waals surface area contributed by atoms with Crippen molar-refractivity contribution in [1.82, 2.24) is 41.5 Å². The molecule has 0 bridgehead atoms. The first-order valence-corrected chi connectivity index (χ1v) is 17.1. The van der Waals surface area contributed by atoms with E-state index in [4.69, 9.17) is 0 Å². The van der Waals surface area contributed by atoms with Crippen LogP contribution in [-0.4, -0.2) is 103 Å². The summed E-state index contributed by atoms with van der Waals surface area (Å²) in [6.45, 7) is 9.21. The van der Waals surface area contributed by atoms with Gasteiger partial charge in [0.15, 0.2) is 5.82 Å². The molecule has 3 amide bonds. The number of aliphatic hydroxyl groups is 2. The fourth-order valence-corrected chi connectivity index (χ4v) is 6.92. The zero-order valence-corrected chi connectivity index (χ0v) is 29.3. The van der Waals surface area contributed by atoms with Crippen molar-refractivity contribution in [1.29, 1.82) is 5.26 Å². The molecule has 2 aromatic carbocycles. The number of nitrogens with zero attached hydrogens (tertiary/aromatic N) is 5. The Morgan fingerprint density at radius 1 is 1.00 bits per heavy atom. The van der Waals surface area contributed by atoms with Gasteiger partial charge in [0, 0.05) is 36.8 Å². The van der Waals surface area contributed by atoms with Gasteiger partial charge in [-0.05, 0) is 113 Å². The van der Waals surface area contributed by atoms with Gasteiger partial charge in [-0.3, -0.25) is 14.4 Å². The first-order valence-electron chi connectivity index (χ1n) is 17.1. The number of hydrogen-bond acceptors (Lipinski definition) is 10. The molecule has 6 N–H and O–H groups in total. The summed E-state index contributed by atoms with van der Waals surface area (Å²) in [5, 5.41) is 54.4. The van der Waals surface area contributed by atoms with Crippen LogP contribution < -0.4 is 16.0 Å². The van der Waals surface area contributed by atoms with Gasteiger partial charge in [0.1, 0.15) is 6.04 Å². The van der Waals surface area contributed by atoms with E-state index in [1.165, 1.54) is 0 Å². The number of carbonyl (C=O) groups is 3. The van der Waals surface area contributed by atoms with Gasteiger partial charge >= 0.3 is 0 Å². The van der Waals surface area contributed by atoms with Crippen LogP contribution in [0.1, 0.15) is 103 Å². The zero-order valence-electron chi connectivity index (χ0n) is 29.3. The van der Waals surface area contributed by atoms with Crippen LogP contribution >= 0.6 is 0 Å². The quantitative estimate of drug-likeness (QED) is 0.162. The minimum absolute atomic E-state index is 0.0437. The smallest absolute Gasteiger partial charge is 0.251 e. The van der Waals surface area contributed by atoms with Crippen molar-refractivity contribution in [3.8, 4) is 6.07 Å². The molecule has 3 aromatic rings. The molecule has 5 rings (SSSR count). The number of hydrogen-bond donors (Lipinski definition) is 6. The second kappa shape index (κ2) is 14.6. The maximum absolute atomic E-state index is 13.2. The summed E-state index contributed by atoms with van der Waals surface area (Å²) in [7, 11) is 0. The Hall–Kier alpha value is -4.71. The molecule has 1 fully saturated rings. The van der Waals surface area contributed by atoms with E-state index < -0.39 is 22.7 Å². The molecule has 0 radical (unpaired) electrons. The van der Waals surface area contributed by atoms with Crippen molar-refractivity contribution < 1.29 is 24.6 Å². The lowest BCUT2D eigenvalue weighted by Crippen LogP contribution is -2.45. The summed E-state index contributed by atoms with van der Waals surface area (Å²) in [6, 6.07) is 12.5. The molecule has 1 saturated heterocycles. The van der Waals surface area contributed by atoms with E-state index in [1.807, 2.05) is 31.2 Å². The molecule has 14 nitrogen and oxygen atoms in total. The molecule has 0 spiro atoms. The Bertz CT molecular complexity index is 1670. The van der Waals surface area contributed by atoms with Gasteiger partial charge in [0.05, 0.1) is 29.2 Å². The van der Waals surface area contributed by atoms with Crippen LogP contribution in [0.2, 0.25) is 0 Å². The number of aromatic nitrogens is 4. The molecule has 1 aliphatic heterocycles. The second-order valence-corrected chi connectivity index (χ2v) is 14.7. The van der Waals surface area contributed by atoms with Gasteiger partial charge in [0.2, 0.25) is 5.91 Å². The number of amides is 3. The van der Waals surface area contributed by atoms with Crippen molar-refractivity contribution >= 4 is 17.7 Å². The van der Waals surface area contributed by atoms with E-state index in [0.717, 1.165) is 28.7 Å². The normalized spacial score (nSPS) is 17.6. The number of aromatic amines is 1. The summed E-state index contributed by atoms with van der Waals surface area (Å²) in [6.07, 6.45) is 2.92. The number of likely N-dealkylation sites (tertiary alicyclic amines) is 1. The van der Waals surface area contributed by atoms with Crippen LogP contribution in [0.5, 0.6) is 0 Å². The predicted molar refractivity (Wildman–Crippen MR) is 184 cm³/mol. The molecule has 0 saturated carbocycles. The van der Waals surface area contributed by atoms with Gasteiger partial charge in [-0.1, -0.05) is 17.3 Å². The van der Waals surface area contributed by atoms with Crippen molar-refractivity contribution in [2.75, 3.05) is 26.2 Å². The Labute approximate surface area is 292 Å². The van der Waals surface area contributed by atoms with Gasteiger partial charge in [-0.15, -0.1) is 10.2 Å². The third kappa shape index (κ3) is 8.18. The maximum atomic E-state index is 13.2. The molecule has 1 aromatic heterocycles. The zero-order chi connectivity index (χ0) is 36.3. The number of rotatable bonds is 12. The Morgan fingerprint density at radius 2 is 1.56 bits per heavy atom. The summed E-state index contributed by atoms with van der Waals surface area (Å²) >= 11 is 0. The second-order valence-electron chi connectivity index (χ2n) is 14.7. The van der Waals surface area contributed by atoms with E-state index in [9.17, 15) is 29.9 Å². The molecule has 2 atom stereocenters. The lowest BCUT2D eigenvalue weighted by Gasteiger charge is -2.36. The summed E-state index contributed by atoms with van der Waals surface area (Å²) in [5.41, 5.74) is 1.17. The number of nitriles is 1. The van der Waals surface area contributed by atoms with E-state index in [-0.39, 0.29) is 43.4 Å². The number of tetrazole rings is 1. The standard InChI is InChI=1S/C36H47N9O5/c1-22(38-19-30(46)45-14-6-7-27(45)18-37)17-36(33-41-43-44-42-33)28-12-10-25(31(47)39-20-34(2,3)49)15-23(28)8-9-24-16-26(11-13-29(24)36)32(48)40-21-35(4,5)50/h10-13,15-16,22,27,38,49-50H,6-9,14,17,19-21H2,1-5H3,(H,39,47)(H,40,48)(H,41,42,43,44)/t22-,27+/m1/s1. The van der Waals surface area contributed by atoms with Crippen LogP contribution in [0.3, 0.4) is 0 Å². The van der Waals surface area contributed by atoms with Gasteiger partial charge in [0.25, 0.3) is 11.8 Å². The molecule has 14 heteroatoms. The summed E-state index contributed by atoms with van der Waals surface area (Å²) in [5.74, 6) is -0.387. The van der Waals surface area contributed by atoms with E-state index >= 15 is 0 Å². The summed E-state index contributed by atoms with van der Waals surface area (Å²) in [4.78, 5) is 41.2. The number of H-pyrrole nitrogens is 1. The van der Waals surface area contributed by atoms with Crippen LogP contribution in [0.25, 0.3) is 0 Å². The fourth-order valence-electron chi connectivity index (χ4n) is 6.92. The maximum Gasteiger partial charge on any atom is 0.251 e. The average Bonchev–Trinajstić information content (AvgIpc) is 3.77. The molecule has 50 heavy (non-hydrogen) atoms. The van der Waals surface area contributed by atoms with Crippen LogP contribution in [0.15, 0.2) is 36.4 Å². The van der Waals surface area contributed by atoms with Crippen molar-refractivity contribution in [3.05, 3.63) is 75.6 Å². The van der Waals surface area contributed by atoms with E-state index in [1.54, 1.807) is 44.7 Å². The molecular formula is C36H47N9O5. The molecule has 0 unspecified atom stereocenters. The molecule has 2 aliphatic rings. The monoisotopic (exact) mass is 685 g/mol. The number of nitrogens with one attached hydrogen (secondary N) is 4. The lowest BCUT2D eigenvalue weighted by atomic mass is 9.67. The lowest BCUT2D eigenvalue weighted by molar-refractivity contribution is -0.130. The molecular weight excluding hydrogens is 638 g/mol. The van der Waals surface area contributed by atoms with Gasteiger partial charge in [-0.2, -0.15) is 10.5 Å². The molecule has 1 aliphatic carbocycles. The number of benzene rings is 2. The first-order chi connectivity index (χ1) is 23.6. The third-order valence-electron chi connectivity index (χ3n) is 9.34. The summed E-state index contributed by atoms with van der Waals surface area (Å²) < 4.78 is 0. The van der Waals surface area contributed by atoms with E-state index in [0.29, 0.717) is 49.2 Å². The van der Waals surface area contributed by atoms with Crippen molar-refractivity contribution in [2.45, 2.75) is 95.4 Å². The molecule has 266 valence electrons. The van der Waals surface area contributed by atoms with Crippen LogP contribution in [0, 0.1) is 11.3 Å². The highest BCUT2D eigenvalue weighted by atomic mass is 16.3. The largest absolute Gasteiger partial charge is 0.389 e. The first kappa shape index (κ1) is 36.6.